The van der Waals surface area contributed by atoms with Gasteiger partial charge in [-0.2, -0.15) is 5.10 Å². The van der Waals surface area contributed by atoms with Crippen LogP contribution in [0, 0.1) is 0 Å². The lowest BCUT2D eigenvalue weighted by Crippen LogP contribution is -2.26. The molecule has 2 N–H and O–H groups in total. The van der Waals surface area contributed by atoms with E-state index in [1.54, 1.807) is 18.3 Å². The SMILES string of the molecule is O=C(NCCc1ncn[nH]1)c1cc(Cl)cc2cccnc12. The fourth-order valence-electron chi connectivity index (χ4n) is 2.07. The molecule has 0 bridgehead atoms. The minimum Gasteiger partial charge on any atom is -0.352 e. The Kier molecular flexibility index (Phi) is 3.79. The number of hydrogen-bond donors (Lipinski definition) is 2. The Labute approximate surface area is 125 Å². The van der Waals surface area contributed by atoms with E-state index in [0.717, 1.165) is 11.2 Å². The summed E-state index contributed by atoms with van der Waals surface area (Å²) in [6, 6.07) is 7.10. The molecule has 6 nitrogen and oxygen atoms in total. The Hall–Kier alpha value is -2.47. The minimum atomic E-state index is -0.208. The second-order valence-electron chi connectivity index (χ2n) is 4.47. The average molecular weight is 302 g/mol. The predicted octanol–water partition coefficient (Wildman–Crippen LogP) is 1.98. The lowest BCUT2D eigenvalue weighted by molar-refractivity contribution is 0.0955. The average Bonchev–Trinajstić information content (AvgIpc) is 2.99. The van der Waals surface area contributed by atoms with Gasteiger partial charge in [-0.15, -0.1) is 0 Å². The monoisotopic (exact) mass is 301 g/mol. The highest BCUT2D eigenvalue weighted by Gasteiger charge is 2.12. The highest BCUT2D eigenvalue weighted by molar-refractivity contribution is 6.32. The molecule has 21 heavy (non-hydrogen) atoms. The Balaban J connectivity index is 1.78. The Morgan fingerprint density at radius 1 is 1.33 bits per heavy atom. The smallest absolute Gasteiger partial charge is 0.253 e. The lowest BCUT2D eigenvalue weighted by atomic mass is 10.1. The maximum Gasteiger partial charge on any atom is 0.253 e. The molecule has 1 amide bonds. The highest BCUT2D eigenvalue weighted by Crippen LogP contribution is 2.22. The molecule has 0 spiro atoms. The molecule has 2 aromatic heterocycles. The van der Waals surface area contributed by atoms with Crippen molar-refractivity contribution < 1.29 is 4.79 Å². The van der Waals surface area contributed by atoms with Crippen molar-refractivity contribution in [1.82, 2.24) is 25.5 Å². The summed E-state index contributed by atoms with van der Waals surface area (Å²) in [6.07, 6.45) is 3.67. The molecule has 1 aromatic carbocycles. The van der Waals surface area contributed by atoms with Crippen LogP contribution in [0.2, 0.25) is 5.02 Å². The van der Waals surface area contributed by atoms with Crippen LogP contribution in [-0.2, 0) is 6.42 Å². The number of rotatable bonds is 4. The van der Waals surface area contributed by atoms with Gasteiger partial charge in [-0.05, 0) is 18.2 Å². The maximum atomic E-state index is 12.3. The first kappa shape index (κ1) is 13.5. The molecule has 3 aromatic rings. The van der Waals surface area contributed by atoms with E-state index in [1.807, 2.05) is 12.1 Å². The van der Waals surface area contributed by atoms with Gasteiger partial charge in [-0.25, -0.2) is 4.98 Å². The van der Waals surface area contributed by atoms with Crippen LogP contribution in [-0.4, -0.2) is 32.6 Å². The zero-order valence-corrected chi connectivity index (χ0v) is 11.8. The van der Waals surface area contributed by atoms with Crippen molar-refractivity contribution in [2.24, 2.45) is 0 Å². The van der Waals surface area contributed by atoms with E-state index in [1.165, 1.54) is 6.33 Å². The normalized spacial score (nSPS) is 10.7. The van der Waals surface area contributed by atoms with Gasteiger partial charge in [0.05, 0.1) is 11.1 Å². The van der Waals surface area contributed by atoms with Crippen LogP contribution in [0.5, 0.6) is 0 Å². The van der Waals surface area contributed by atoms with Crippen molar-refractivity contribution in [2.75, 3.05) is 6.54 Å². The molecular formula is C14H12ClN5O. The number of halogens is 1. The van der Waals surface area contributed by atoms with Gasteiger partial charge in [0.25, 0.3) is 5.91 Å². The van der Waals surface area contributed by atoms with E-state index in [2.05, 4.69) is 25.5 Å². The number of hydrogen-bond acceptors (Lipinski definition) is 4. The number of nitrogens with one attached hydrogen (secondary N) is 2. The molecule has 7 heteroatoms. The number of aromatic nitrogens is 4. The van der Waals surface area contributed by atoms with Gasteiger partial charge < -0.3 is 5.32 Å². The summed E-state index contributed by atoms with van der Waals surface area (Å²) >= 11 is 6.05. The molecule has 2 heterocycles. The zero-order valence-electron chi connectivity index (χ0n) is 11.0. The standard InChI is InChI=1S/C14H12ClN5O/c15-10-6-9-2-1-4-16-13(9)11(7-10)14(21)17-5-3-12-18-8-19-20-12/h1-2,4,6-8H,3,5H2,(H,17,21)(H,18,19,20). The topological polar surface area (TPSA) is 83.6 Å². The molecule has 3 rings (SSSR count). The Morgan fingerprint density at radius 3 is 3.05 bits per heavy atom. The lowest BCUT2D eigenvalue weighted by Gasteiger charge is -2.07. The largest absolute Gasteiger partial charge is 0.352 e. The molecule has 0 saturated carbocycles. The number of aromatic amines is 1. The maximum absolute atomic E-state index is 12.3. The van der Waals surface area contributed by atoms with Crippen molar-refractivity contribution in [3.63, 3.8) is 0 Å². The minimum absolute atomic E-state index is 0.208. The van der Waals surface area contributed by atoms with E-state index in [4.69, 9.17) is 11.6 Å². The summed E-state index contributed by atoms with van der Waals surface area (Å²) in [7, 11) is 0. The van der Waals surface area contributed by atoms with Gasteiger partial charge in [-0.1, -0.05) is 17.7 Å². The number of carbonyl (C=O) groups is 1. The molecule has 0 unspecified atom stereocenters. The van der Waals surface area contributed by atoms with Crippen molar-refractivity contribution in [1.29, 1.82) is 0 Å². The van der Waals surface area contributed by atoms with Gasteiger partial charge in [0.15, 0.2) is 0 Å². The van der Waals surface area contributed by atoms with Crippen LogP contribution in [0.3, 0.4) is 0 Å². The number of benzene rings is 1. The van der Waals surface area contributed by atoms with E-state index in [0.29, 0.717) is 29.1 Å². The molecule has 0 atom stereocenters. The highest BCUT2D eigenvalue weighted by atomic mass is 35.5. The van der Waals surface area contributed by atoms with Gasteiger partial charge >= 0.3 is 0 Å². The van der Waals surface area contributed by atoms with E-state index >= 15 is 0 Å². The molecule has 0 fully saturated rings. The number of carbonyl (C=O) groups excluding carboxylic acids is 1. The summed E-state index contributed by atoms with van der Waals surface area (Å²) in [4.78, 5) is 20.5. The molecule has 0 saturated heterocycles. The zero-order chi connectivity index (χ0) is 14.7. The molecule has 0 aliphatic rings. The van der Waals surface area contributed by atoms with Gasteiger partial charge in [-0.3, -0.25) is 14.9 Å². The molecular weight excluding hydrogens is 290 g/mol. The van der Waals surface area contributed by atoms with Crippen molar-refractivity contribution in [2.45, 2.75) is 6.42 Å². The van der Waals surface area contributed by atoms with Crippen LogP contribution in [0.25, 0.3) is 10.9 Å². The van der Waals surface area contributed by atoms with Crippen molar-refractivity contribution >= 4 is 28.4 Å². The first-order valence-corrected chi connectivity index (χ1v) is 6.78. The van der Waals surface area contributed by atoms with E-state index in [9.17, 15) is 4.79 Å². The van der Waals surface area contributed by atoms with E-state index < -0.39 is 0 Å². The third-order valence-electron chi connectivity index (χ3n) is 3.03. The molecule has 0 aliphatic heterocycles. The fourth-order valence-corrected chi connectivity index (χ4v) is 2.30. The quantitative estimate of drug-likeness (QED) is 0.772. The van der Waals surface area contributed by atoms with Crippen molar-refractivity contribution in [3.05, 3.63) is 53.2 Å². The second kappa shape index (κ2) is 5.88. The number of pyridine rings is 1. The van der Waals surface area contributed by atoms with Crippen LogP contribution < -0.4 is 5.32 Å². The summed E-state index contributed by atoms with van der Waals surface area (Å²) in [5, 5.41) is 10.7. The van der Waals surface area contributed by atoms with Gasteiger partial charge in [0.2, 0.25) is 0 Å². The summed E-state index contributed by atoms with van der Waals surface area (Å²) < 4.78 is 0. The number of H-pyrrole nitrogens is 1. The number of fused-ring (bicyclic) bond motifs is 1. The number of nitrogens with zero attached hydrogens (tertiary/aromatic N) is 3. The Bertz CT molecular complexity index is 772. The summed E-state index contributed by atoms with van der Waals surface area (Å²) in [5.74, 6) is 0.519. The van der Waals surface area contributed by atoms with Gasteiger partial charge in [0.1, 0.15) is 12.2 Å². The third-order valence-corrected chi connectivity index (χ3v) is 3.24. The second-order valence-corrected chi connectivity index (χ2v) is 4.90. The first-order valence-electron chi connectivity index (χ1n) is 6.41. The summed E-state index contributed by atoms with van der Waals surface area (Å²) in [5.41, 5.74) is 1.11. The van der Waals surface area contributed by atoms with Crippen LogP contribution >= 0.6 is 11.6 Å². The van der Waals surface area contributed by atoms with Crippen molar-refractivity contribution in [3.8, 4) is 0 Å². The first-order chi connectivity index (χ1) is 10.2. The molecule has 106 valence electrons. The summed E-state index contributed by atoms with van der Waals surface area (Å²) in [6.45, 7) is 0.453. The van der Waals surface area contributed by atoms with Crippen LogP contribution in [0.15, 0.2) is 36.8 Å². The van der Waals surface area contributed by atoms with E-state index in [-0.39, 0.29) is 5.91 Å². The van der Waals surface area contributed by atoms with Crippen LogP contribution in [0.1, 0.15) is 16.2 Å². The molecule has 0 radical (unpaired) electrons. The number of amides is 1. The third kappa shape index (κ3) is 3.00. The van der Waals surface area contributed by atoms with Gasteiger partial charge in [0, 0.05) is 29.6 Å². The molecule has 0 aliphatic carbocycles. The Morgan fingerprint density at radius 2 is 2.24 bits per heavy atom. The van der Waals surface area contributed by atoms with Crippen LogP contribution in [0.4, 0.5) is 0 Å². The predicted molar refractivity (Wildman–Crippen MR) is 79.2 cm³/mol. The fraction of sp³-hybridized carbons (Fsp3) is 0.143.